The van der Waals surface area contributed by atoms with Crippen molar-refractivity contribution in [3.63, 3.8) is 0 Å². The summed E-state index contributed by atoms with van der Waals surface area (Å²) in [5.41, 5.74) is 1.29. The molecule has 1 aliphatic rings. The van der Waals surface area contributed by atoms with Crippen molar-refractivity contribution in [1.29, 1.82) is 0 Å². The molecule has 3 rings (SSSR count). The molecule has 1 heterocycles. The van der Waals surface area contributed by atoms with Gasteiger partial charge in [-0.3, -0.25) is 9.59 Å². The third-order valence-electron chi connectivity index (χ3n) is 4.82. The monoisotopic (exact) mass is 431 g/mol. The zero-order valence-electron chi connectivity index (χ0n) is 16.6. The lowest BCUT2D eigenvalue weighted by Crippen LogP contribution is -2.34. The van der Waals surface area contributed by atoms with Gasteiger partial charge in [0, 0.05) is 10.9 Å². The summed E-state index contributed by atoms with van der Waals surface area (Å²) in [5, 5.41) is 14.1. The Morgan fingerprint density at radius 2 is 1.77 bits per heavy atom. The number of thiophene rings is 1. The van der Waals surface area contributed by atoms with Gasteiger partial charge in [0.1, 0.15) is 16.4 Å². The normalized spacial score (nSPS) is 18.3. The van der Waals surface area contributed by atoms with Crippen LogP contribution in [0.4, 0.5) is 9.39 Å². The van der Waals surface area contributed by atoms with E-state index in [1.807, 2.05) is 0 Å². The van der Waals surface area contributed by atoms with Crippen molar-refractivity contribution in [2.45, 2.75) is 32.8 Å². The molecule has 0 radical (unpaired) electrons. The maximum Gasteiger partial charge on any atom is 0.342 e. The van der Waals surface area contributed by atoms with E-state index >= 15 is 0 Å². The number of carbonyl (C=O) groups excluding carboxylic acids is 2. The van der Waals surface area contributed by atoms with Crippen molar-refractivity contribution in [2.75, 3.05) is 5.32 Å². The van der Waals surface area contributed by atoms with Crippen LogP contribution in [0.3, 0.4) is 0 Å². The fourth-order valence-electron chi connectivity index (χ4n) is 3.35. The molecule has 30 heavy (non-hydrogen) atoms. The molecule has 1 aromatic carbocycles. The zero-order valence-corrected chi connectivity index (χ0v) is 17.4. The number of carbonyl (C=O) groups is 3. The van der Waals surface area contributed by atoms with E-state index in [9.17, 15) is 23.9 Å². The number of carboxylic acid groups (broad SMARTS) is 1. The number of esters is 1. The molecular formula is C22H22FNO5S. The number of aliphatic carboxylic acids is 1. The predicted octanol–water partition coefficient (Wildman–Crippen LogP) is 4.72. The third kappa shape index (κ3) is 4.76. The summed E-state index contributed by atoms with van der Waals surface area (Å²) >= 11 is 1.14. The van der Waals surface area contributed by atoms with Gasteiger partial charge in [0.2, 0.25) is 5.91 Å². The molecule has 6 nitrogen and oxygen atoms in total. The number of halogens is 1. The molecule has 1 amide bonds. The number of benzene rings is 1. The highest BCUT2D eigenvalue weighted by molar-refractivity contribution is 7.15. The quantitative estimate of drug-likeness (QED) is 0.510. The largest absolute Gasteiger partial charge is 0.481 e. The number of carboxylic acids is 1. The van der Waals surface area contributed by atoms with Crippen molar-refractivity contribution in [2.24, 2.45) is 11.8 Å². The van der Waals surface area contributed by atoms with Gasteiger partial charge < -0.3 is 15.2 Å². The van der Waals surface area contributed by atoms with Crippen molar-refractivity contribution < 1.29 is 28.6 Å². The second-order valence-electron chi connectivity index (χ2n) is 7.30. The summed E-state index contributed by atoms with van der Waals surface area (Å²) in [7, 11) is 0. The Hall–Kier alpha value is -3.00. The maximum atomic E-state index is 13.3. The Morgan fingerprint density at radius 1 is 1.13 bits per heavy atom. The van der Waals surface area contributed by atoms with Crippen LogP contribution in [0, 0.1) is 17.7 Å². The fourth-order valence-corrected chi connectivity index (χ4v) is 4.31. The van der Waals surface area contributed by atoms with E-state index in [2.05, 4.69) is 5.32 Å². The van der Waals surface area contributed by atoms with Crippen molar-refractivity contribution >= 4 is 34.2 Å². The summed E-state index contributed by atoms with van der Waals surface area (Å²) in [6.07, 6.45) is 3.76. The van der Waals surface area contributed by atoms with Crippen LogP contribution in [0.5, 0.6) is 0 Å². The van der Waals surface area contributed by atoms with Crippen LogP contribution in [0.1, 0.15) is 37.0 Å². The summed E-state index contributed by atoms with van der Waals surface area (Å²) in [5.74, 6) is -4.07. The highest BCUT2D eigenvalue weighted by Crippen LogP contribution is 2.37. The molecule has 0 bridgehead atoms. The Morgan fingerprint density at radius 3 is 2.37 bits per heavy atom. The SMILES string of the molecule is CC(C)OC(=O)c1c(-c2ccc(F)cc2)csc1NC(=O)[C@H]1CC=CC[C@H]1C(=O)O. The summed E-state index contributed by atoms with van der Waals surface area (Å²) in [4.78, 5) is 37.2. The smallest absolute Gasteiger partial charge is 0.342 e. The van der Waals surface area contributed by atoms with Gasteiger partial charge in [-0.15, -0.1) is 11.3 Å². The minimum atomic E-state index is -1.03. The minimum absolute atomic E-state index is 0.173. The molecule has 8 heteroatoms. The van der Waals surface area contributed by atoms with E-state index in [4.69, 9.17) is 4.74 Å². The van der Waals surface area contributed by atoms with E-state index in [-0.39, 0.29) is 23.1 Å². The minimum Gasteiger partial charge on any atom is -0.481 e. The summed E-state index contributed by atoms with van der Waals surface area (Å²) in [6, 6.07) is 5.66. The van der Waals surface area contributed by atoms with Crippen LogP contribution in [0.15, 0.2) is 41.8 Å². The van der Waals surface area contributed by atoms with Gasteiger partial charge in [-0.2, -0.15) is 0 Å². The van der Waals surface area contributed by atoms with Gasteiger partial charge in [-0.25, -0.2) is 9.18 Å². The number of nitrogens with one attached hydrogen (secondary N) is 1. The molecule has 0 unspecified atom stereocenters. The van der Waals surface area contributed by atoms with Crippen LogP contribution < -0.4 is 5.32 Å². The van der Waals surface area contributed by atoms with E-state index in [1.54, 1.807) is 43.5 Å². The van der Waals surface area contributed by atoms with Gasteiger partial charge >= 0.3 is 11.9 Å². The number of ether oxygens (including phenoxy) is 1. The van der Waals surface area contributed by atoms with E-state index in [0.29, 0.717) is 17.5 Å². The van der Waals surface area contributed by atoms with Crippen LogP contribution in [-0.2, 0) is 14.3 Å². The second kappa shape index (κ2) is 9.21. The van der Waals surface area contributed by atoms with Crippen molar-refractivity contribution in [3.8, 4) is 11.1 Å². The first-order valence-corrected chi connectivity index (χ1v) is 10.4. The van der Waals surface area contributed by atoms with E-state index in [1.165, 1.54) is 12.1 Å². The molecule has 2 N–H and O–H groups in total. The highest BCUT2D eigenvalue weighted by atomic mass is 32.1. The van der Waals surface area contributed by atoms with Gasteiger partial charge in [0.15, 0.2) is 0 Å². The first-order valence-electron chi connectivity index (χ1n) is 9.55. The number of hydrogen-bond acceptors (Lipinski definition) is 5. The van der Waals surface area contributed by atoms with Crippen LogP contribution >= 0.6 is 11.3 Å². The molecule has 0 aliphatic heterocycles. The Labute approximate surface area is 177 Å². The topological polar surface area (TPSA) is 92.7 Å². The van der Waals surface area contributed by atoms with E-state index < -0.39 is 35.5 Å². The Bertz CT molecular complexity index is 980. The van der Waals surface area contributed by atoms with Crippen molar-refractivity contribution in [1.82, 2.24) is 0 Å². The lowest BCUT2D eigenvalue weighted by atomic mass is 9.82. The first-order chi connectivity index (χ1) is 14.3. The molecule has 1 aliphatic carbocycles. The molecule has 2 aromatic rings. The predicted molar refractivity (Wildman–Crippen MR) is 112 cm³/mol. The number of hydrogen-bond donors (Lipinski definition) is 2. The van der Waals surface area contributed by atoms with Crippen molar-refractivity contribution in [3.05, 3.63) is 53.2 Å². The molecule has 0 saturated carbocycles. The maximum absolute atomic E-state index is 13.3. The average Bonchev–Trinajstić information content (AvgIpc) is 3.11. The fraction of sp³-hybridized carbons (Fsp3) is 0.318. The molecule has 0 saturated heterocycles. The number of amides is 1. The zero-order chi connectivity index (χ0) is 21.8. The standard InChI is InChI=1S/C22H22FNO5S/c1-12(2)29-22(28)18-17(13-7-9-14(23)10-8-13)11-30-20(18)24-19(25)15-5-3-4-6-16(15)21(26)27/h3-4,7-12,15-16H,5-6H2,1-2H3,(H,24,25)(H,26,27)/t15-,16+/m0/s1. The van der Waals surface area contributed by atoms with Gasteiger partial charge in [-0.1, -0.05) is 24.3 Å². The van der Waals surface area contributed by atoms with Gasteiger partial charge in [-0.05, 0) is 44.4 Å². The first kappa shape index (κ1) is 21.7. The molecule has 0 fully saturated rings. The van der Waals surface area contributed by atoms with Gasteiger partial charge in [0.25, 0.3) is 0 Å². The highest BCUT2D eigenvalue weighted by Gasteiger charge is 2.35. The van der Waals surface area contributed by atoms with E-state index in [0.717, 1.165) is 11.3 Å². The summed E-state index contributed by atoms with van der Waals surface area (Å²) in [6.45, 7) is 3.43. The summed E-state index contributed by atoms with van der Waals surface area (Å²) < 4.78 is 18.7. The molecule has 158 valence electrons. The third-order valence-corrected chi connectivity index (χ3v) is 5.71. The lowest BCUT2D eigenvalue weighted by molar-refractivity contribution is -0.146. The number of anilines is 1. The Balaban J connectivity index is 1.95. The van der Waals surface area contributed by atoms with Crippen LogP contribution in [0.2, 0.25) is 0 Å². The second-order valence-corrected chi connectivity index (χ2v) is 8.18. The number of allylic oxidation sites excluding steroid dienone is 2. The van der Waals surface area contributed by atoms with Gasteiger partial charge in [0.05, 0.1) is 17.9 Å². The van der Waals surface area contributed by atoms with Crippen LogP contribution in [-0.4, -0.2) is 29.1 Å². The molecule has 1 aromatic heterocycles. The Kier molecular flexibility index (Phi) is 6.66. The molecular weight excluding hydrogens is 409 g/mol. The lowest BCUT2D eigenvalue weighted by Gasteiger charge is -2.24. The average molecular weight is 431 g/mol. The van der Waals surface area contributed by atoms with Crippen LogP contribution in [0.25, 0.3) is 11.1 Å². The molecule has 0 spiro atoms. The number of rotatable bonds is 6. The molecule has 2 atom stereocenters.